The molecule has 2 heterocycles. The zero-order valence-electron chi connectivity index (χ0n) is 12.1. The standard InChI is InChI=1S/C12H23N5O2S/c1-11-9-15(2)5-3-6-17(11)20(18,19)12-8-14-16(10-12)7-4-13/h8,10-11H,3-7,9,13H2,1-2H3. The molecule has 1 aliphatic heterocycles. The maximum Gasteiger partial charge on any atom is 0.246 e. The van der Waals surface area contributed by atoms with Gasteiger partial charge in [0.15, 0.2) is 0 Å². The Morgan fingerprint density at radius 3 is 2.90 bits per heavy atom. The van der Waals surface area contributed by atoms with Crippen LogP contribution in [0.1, 0.15) is 13.3 Å². The van der Waals surface area contributed by atoms with Gasteiger partial charge in [-0.3, -0.25) is 4.68 Å². The third-order valence-electron chi connectivity index (χ3n) is 3.56. The number of aromatic nitrogens is 2. The van der Waals surface area contributed by atoms with Gasteiger partial charge in [0, 0.05) is 31.9 Å². The molecule has 1 fully saturated rings. The van der Waals surface area contributed by atoms with Crippen LogP contribution < -0.4 is 5.73 Å². The zero-order chi connectivity index (χ0) is 14.8. The van der Waals surface area contributed by atoms with Gasteiger partial charge >= 0.3 is 0 Å². The number of nitrogens with two attached hydrogens (primary N) is 1. The summed E-state index contributed by atoms with van der Waals surface area (Å²) in [5.74, 6) is 0. The van der Waals surface area contributed by atoms with Gasteiger partial charge in [0.1, 0.15) is 4.90 Å². The maximum atomic E-state index is 12.7. The van der Waals surface area contributed by atoms with Crippen molar-refractivity contribution < 1.29 is 8.42 Å². The lowest BCUT2D eigenvalue weighted by Gasteiger charge is -2.26. The van der Waals surface area contributed by atoms with Crippen LogP contribution in [0.25, 0.3) is 0 Å². The van der Waals surface area contributed by atoms with Crippen molar-refractivity contribution in [1.82, 2.24) is 19.0 Å². The van der Waals surface area contributed by atoms with Gasteiger partial charge in [-0.25, -0.2) is 8.42 Å². The van der Waals surface area contributed by atoms with Crippen molar-refractivity contribution in [2.45, 2.75) is 30.8 Å². The molecule has 7 nitrogen and oxygen atoms in total. The Labute approximate surface area is 120 Å². The molecule has 1 aliphatic rings. The summed E-state index contributed by atoms with van der Waals surface area (Å²) in [5.41, 5.74) is 5.45. The van der Waals surface area contributed by atoms with Crippen LogP contribution in [0.3, 0.4) is 0 Å². The van der Waals surface area contributed by atoms with Crippen LogP contribution in [0, 0.1) is 0 Å². The van der Waals surface area contributed by atoms with Crippen LogP contribution in [-0.2, 0) is 16.6 Å². The van der Waals surface area contributed by atoms with Crippen LogP contribution >= 0.6 is 0 Å². The van der Waals surface area contributed by atoms with Gasteiger partial charge in [-0.2, -0.15) is 9.40 Å². The van der Waals surface area contributed by atoms with Gasteiger partial charge in [-0.15, -0.1) is 0 Å². The summed E-state index contributed by atoms with van der Waals surface area (Å²) in [7, 11) is -1.45. The number of hydrogen-bond donors (Lipinski definition) is 1. The lowest BCUT2D eigenvalue weighted by Crippen LogP contribution is -2.41. The van der Waals surface area contributed by atoms with E-state index in [1.807, 2.05) is 14.0 Å². The molecule has 1 aromatic heterocycles. The molecule has 114 valence electrons. The molecule has 0 spiro atoms. The fourth-order valence-corrected chi connectivity index (χ4v) is 4.19. The van der Waals surface area contributed by atoms with Gasteiger partial charge in [0.2, 0.25) is 10.0 Å². The maximum absolute atomic E-state index is 12.7. The molecule has 0 radical (unpaired) electrons. The van der Waals surface area contributed by atoms with Gasteiger partial charge in [-0.05, 0) is 26.9 Å². The summed E-state index contributed by atoms with van der Waals surface area (Å²) in [6, 6.07) is -0.0367. The van der Waals surface area contributed by atoms with E-state index in [1.54, 1.807) is 15.2 Å². The minimum atomic E-state index is -3.47. The largest absolute Gasteiger partial charge is 0.329 e. The smallest absolute Gasteiger partial charge is 0.246 e. The number of likely N-dealkylation sites (N-methyl/N-ethyl adjacent to an activating group) is 1. The highest BCUT2D eigenvalue weighted by atomic mass is 32.2. The van der Waals surface area contributed by atoms with Crippen LogP contribution in [0.5, 0.6) is 0 Å². The molecule has 2 N–H and O–H groups in total. The molecule has 0 aromatic carbocycles. The Morgan fingerprint density at radius 2 is 2.20 bits per heavy atom. The SMILES string of the molecule is CC1CN(C)CCCN1S(=O)(=O)c1cnn(CCN)c1. The first-order valence-corrected chi connectivity index (χ1v) is 8.32. The van der Waals surface area contributed by atoms with Crippen LogP contribution in [-0.4, -0.2) is 66.7 Å². The second-order valence-corrected chi connectivity index (χ2v) is 7.20. The summed E-state index contributed by atoms with van der Waals surface area (Å²) >= 11 is 0. The Morgan fingerprint density at radius 1 is 1.45 bits per heavy atom. The lowest BCUT2D eigenvalue weighted by molar-refractivity contribution is 0.290. The minimum Gasteiger partial charge on any atom is -0.329 e. The molecule has 1 unspecified atom stereocenters. The molecule has 8 heteroatoms. The first-order valence-electron chi connectivity index (χ1n) is 6.88. The first-order chi connectivity index (χ1) is 9.45. The van der Waals surface area contributed by atoms with E-state index < -0.39 is 10.0 Å². The summed E-state index contributed by atoms with van der Waals surface area (Å²) in [4.78, 5) is 2.42. The van der Waals surface area contributed by atoms with Gasteiger partial charge < -0.3 is 10.6 Å². The highest BCUT2D eigenvalue weighted by Gasteiger charge is 2.32. The van der Waals surface area contributed by atoms with Crippen molar-refractivity contribution in [3.05, 3.63) is 12.4 Å². The van der Waals surface area contributed by atoms with Gasteiger partial charge in [0.25, 0.3) is 0 Å². The van der Waals surface area contributed by atoms with E-state index in [4.69, 9.17) is 5.73 Å². The highest BCUT2D eigenvalue weighted by Crippen LogP contribution is 2.20. The highest BCUT2D eigenvalue weighted by molar-refractivity contribution is 7.89. The van der Waals surface area contributed by atoms with Gasteiger partial charge in [-0.1, -0.05) is 0 Å². The fraction of sp³-hybridized carbons (Fsp3) is 0.750. The summed E-state index contributed by atoms with van der Waals surface area (Å²) in [6.07, 6.45) is 3.81. The monoisotopic (exact) mass is 301 g/mol. The van der Waals surface area contributed by atoms with Crippen molar-refractivity contribution in [1.29, 1.82) is 0 Å². The van der Waals surface area contributed by atoms with Crippen LogP contribution in [0.15, 0.2) is 17.3 Å². The second-order valence-electron chi connectivity index (χ2n) is 5.31. The average molecular weight is 301 g/mol. The van der Waals surface area contributed by atoms with Crippen LogP contribution in [0.2, 0.25) is 0 Å². The van der Waals surface area contributed by atoms with Crippen molar-refractivity contribution in [3.63, 3.8) is 0 Å². The van der Waals surface area contributed by atoms with E-state index in [2.05, 4.69) is 10.00 Å². The molecule has 1 atom stereocenters. The van der Waals surface area contributed by atoms with Crippen molar-refractivity contribution in [2.24, 2.45) is 5.73 Å². The topological polar surface area (TPSA) is 84.5 Å². The van der Waals surface area contributed by atoms with E-state index in [0.717, 1.165) is 19.5 Å². The van der Waals surface area contributed by atoms with Crippen LogP contribution in [0.4, 0.5) is 0 Å². The molecule has 1 aromatic rings. The van der Waals surface area contributed by atoms with E-state index in [9.17, 15) is 8.42 Å². The number of hydrogen-bond acceptors (Lipinski definition) is 5. The predicted octanol–water partition coefficient (Wildman–Crippen LogP) is -0.443. The molecule has 0 aliphatic carbocycles. The first kappa shape index (κ1) is 15.4. The second kappa shape index (κ2) is 6.21. The Bertz CT molecular complexity index is 542. The normalized spacial score (nSPS) is 22.9. The van der Waals surface area contributed by atoms with E-state index >= 15 is 0 Å². The lowest BCUT2D eigenvalue weighted by atomic mass is 10.3. The van der Waals surface area contributed by atoms with Crippen molar-refractivity contribution in [2.75, 3.05) is 33.2 Å². The fourth-order valence-electron chi connectivity index (χ4n) is 2.58. The zero-order valence-corrected chi connectivity index (χ0v) is 12.9. The van der Waals surface area contributed by atoms with E-state index in [0.29, 0.717) is 19.6 Å². The quantitative estimate of drug-likeness (QED) is 0.815. The molecule has 0 saturated carbocycles. The van der Waals surface area contributed by atoms with Crippen molar-refractivity contribution >= 4 is 10.0 Å². The molecule has 0 bridgehead atoms. The molecule has 2 rings (SSSR count). The minimum absolute atomic E-state index is 0.0367. The molecular weight excluding hydrogens is 278 g/mol. The number of nitrogens with zero attached hydrogens (tertiary/aromatic N) is 4. The number of rotatable bonds is 4. The Balaban J connectivity index is 2.23. The summed E-state index contributed by atoms with van der Waals surface area (Å²) in [5, 5.41) is 4.05. The van der Waals surface area contributed by atoms with Crippen molar-refractivity contribution in [3.8, 4) is 0 Å². The molecule has 20 heavy (non-hydrogen) atoms. The van der Waals surface area contributed by atoms with E-state index in [-0.39, 0.29) is 10.9 Å². The predicted molar refractivity (Wildman–Crippen MR) is 76.7 cm³/mol. The number of sulfonamides is 1. The molecular formula is C12H23N5O2S. The molecule has 1 saturated heterocycles. The van der Waals surface area contributed by atoms with E-state index in [1.165, 1.54) is 6.20 Å². The summed E-state index contributed by atoms with van der Waals surface area (Å²) < 4.78 is 28.5. The Kier molecular flexibility index (Phi) is 4.79. The van der Waals surface area contributed by atoms with Gasteiger partial charge in [0.05, 0.1) is 12.7 Å². The Hall–Kier alpha value is -0.960. The molecule has 0 amide bonds. The third kappa shape index (κ3) is 3.20. The summed E-state index contributed by atoms with van der Waals surface area (Å²) in [6.45, 7) is 5.12. The average Bonchev–Trinajstić information content (AvgIpc) is 2.76. The third-order valence-corrected chi connectivity index (χ3v) is 5.53.